The third kappa shape index (κ3) is 5.47. The highest BCUT2D eigenvalue weighted by molar-refractivity contribution is 7.92. The molecular weight excluding hydrogens is 549 g/mol. The first-order valence-electron chi connectivity index (χ1n) is 10.4. The van der Waals surface area contributed by atoms with Crippen molar-refractivity contribution in [2.75, 3.05) is 28.6 Å². The van der Waals surface area contributed by atoms with Gasteiger partial charge in [0.15, 0.2) is 0 Å². The Morgan fingerprint density at radius 1 is 1.06 bits per heavy atom. The number of benzene rings is 2. The van der Waals surface area contributed by atoms with Gasteiger partial charge in [-0.3, -0.25) is 9.59 Å². The van der Waals surface area contributed by atoms with Crippen molar-refractivity contribution >= 4 is 79.5 Å². The van der Waals surface area contributed by atoms with E-state index in [1.165, 1.54) is 24.3 Å². The molecule has 0 aliphatic carbocycles. The number of nitrogens with one attached hydrogen (secondary N) is 3. The van der Waals surface area contributed by atoms with E-state index in [-0.39, 0.29) is 25.7 Å². The van der Waals surface area contributed by atoms with E-state index in [1.807, 2.05) is 4.72 Å². The van der Waals surface area contributed by atoms with Crippen LogP contribution >= 0.6 is 34.5 Å². The molecule has 10 nitrogen and oxygen atoms in total. The van der Waals surface area contributed by atoms with Gasteiger partial charge in [-0.2, -0.15) is 0 Å². The summed E-state index contributed by atoms with van der Waals surface area (Å²) in [5.74, 6) is -0.870. The van der Waals surface area contributed by atoms with Crippen molar-refractivity contribution in [3.63, 3.8) is 0 Å². The number of amides is 4. The number of hydrogen-bond donors (Lipinski definition) is 4. The van der Waals surface area contributed by atoms with Crippen molar-refractivity contribution in [3.8, 4) is 0 Å². The molecular formula is C22H19Cl2N5O5S2. The van der Waals surface area contributed by atoms with Crippen molar-refractivity contribution < 1.29 is 22.8 Å². The topological polar surface area (TPSA) is 151 Å². The normalized spacial score (nSPS) is 13.4. The van der Waals surface area contributed by atoms with Gasteiger partial charge in [-0.15, -0.1) is 11.3 Å². The molecule has 1 aliphatic heterocycles. The van der Waals surface area contributed by atoms with Crippen LogP contribution in [0.4, 0.5) is 21.9 Å². The zero-order valence-corrected chi connectivity index (χ0v) is 21.5. The Morgan fingerprint density at radius 2 is 1.75 bits per heavy atom. The van der Waals surface area contributed by atoms with Gasteiger partial charge in [0.25, 0.3) is 15.9 Å². The van der Waals surface area contributed by atoms with Crippen LogP contribution in [0.2, 0.25) is 9.36 Å². The highest BCUT2D eigenvalue weighted by Crippen LogP contribution is 2.34. The molecule has 0 saturated heterocycles. The van der Waals surface area contributed by atoms with Crippen molar-refractivity contribution in [2.45, 2.75) is 10.6 Å². The second-order valence-corrected chi connectivity index (χ2v) is 11.6. The smallest absolute Gasteiger partial charge is 0.333 e. The molecule has 0 spiro atoms. The Balaban J connectivity index is 1.45. The SMILES string of the molecule is NCCNc1ccc2c(c1)CC(=O)N(c1ccc(NC(=O)NS(=O)(=O)c3cc(Cl)c(Cl)s3)cc1)C2=O. The van der Waals surface area contributed by atoms with Crippen molar-refractivity contribution in [1.82, 2.24) is 4.72 Å². The summed E-state index contributed by atoms with van der Waals surface area (Å²) in [7, 11) is -4.18. The minimum absolute atomic E-state index is 0.0379. The molecule has 0 unspecified atom stereocenters. The molecule has 36 heavy (non-hydrogen) atoms. The average Bonchev–Trinajstić information content (AvgIpc) is 3.17. The number of anilines is 3. The Hall–Kier alpha value is -3.16. The maximum Gasteiger partial charge on any atom is 0.333 e. The average molecular weight is 568 g/mol. The molecule has 2 heterocycles. The van der Waals surface area contributed by atoms with Gasteiger partial charge in [0.1, 0.15) is 8.55 Å². The number of rotatable bonds is 7. The molecule has 4 rings (SSSR count). The standard InChI is InChI=1S/C22H19Cl2N5O5S2/c23-17-11-19(35-20(17)24)36(33,34)28-22(32)27-13-1-4-15(5-2-13)29-18(30)10-12-9-14(26-8-7-25)3-6-16(12)21(29)31/h1-6,9,11,26H,7-8,10,25H2,(H2,27,28,32). The van der Waals surface area contributed by atoms with E-state index in [4.69, 9.17) is 28.9 Å². The van der Waals surface area contributed by atoms with Crippen LogP contribution in [0, 0.1) is 0 Å². The summed E-state index contributed by atoms with van der Waals surface area (Å²) in [6, 6.07) is 11.1. The first kappa shape index (κ1) is 25.9. The molecule has 3 aromatic rings. The first-order valence-corrected chi connectivity index (χ1v) is 13.5. The van der Waals surface area contributed by atoms with E-state index in [9.17, 15) is 22.8 Å². The van der Waals surface area contributed by atoms with Gasteiger partial charge in [-0.05, 0) is 54.1 Å². The second kappa shape index (κ2) is 10.4. The van der Waals surface area contributed by atoms with Crippen LogP contribution in [0.3, 0.4) is 0 Å². The second-order valence-electron chi connectivity index (χ2n) is 7.59. The number of hydrogen-bond acceptors (Lipinski definition) is 8. The highest BCUT2D eigenvalue weighted by atomic mass is 35.5. The molecule has 0 saturated carbocycles. The van der Waals surface area contributed by atoms with E-state index in [1.54, 1.807) is 18.2 Å². The number of fused-ring (bicyclic) bond motifs is 1. The van der Waals surface area contributed by atoms with Gasteiger partial charge < -0.3 is 16.4 Å². The molecule has 0 fully saturated rings. The summed E-state index contributed by atoms with van der Waals surface area (Å²) in [6.07, 6.45) is 0.0379. The molecule has 2 aromatic carbocycles. The Morgan fingerprint density at radius 3 is 2.39 bits per heavy atom. The zero-order valence-electron chi connectivity index (χ0n) is 18.4. The molecule has 1 aromatic heterocycles. The van der Waals surface area contributed by atoms with Crippen LogP contribution < -0.4 is 26.0 Å². The molecule has 188 valence electrons. The summed E-state index contributed by atoms with van der Waals surface area (Å²) in [6.45, 7) is 1.01. The fourth-order valence-corrected chi connectivity index (χ4v) is 6.28. The van der Waals surface area contributed by atoms with Crippen LogP contribution in [0.5, 0.6) is 0 Å². The third-order valence-electron chi connectivity index (χ3n) is 5.10. The summed E-state index contributed by atoms with van der Waals surface area (Å²) >= 11 is 12.3. The van der Waals surface area contributed by atoms with E-state index in [0.29, 0.717) is 41.2 Å². The molecule has 1 aliphatic rings. The highest BCUT2D eigenvalue weighted by Gasteiger charge is 2.32. The number of urea groups is 1. The van der Waals surface area contributed by atoms with E-state index < -0.39 is 27.9 Å². The van der Waals surface area contributed by atoms with Crippen LogP contribution in [0.1, 0.15) is 15.9 Å². The summed E-state index contributed by atoms with van der Waals surface area (Å²) < 4.78 is 26.4. The quantitative estimate of drug-likeness (QED) is 0.318. The summed E-state index contributed by atoms with van der Waals surface area (Å²) in [5.41, 5.74) is 7.84. The Bertz CT molecular complexity index is 1440. The summed E-state index contributed by atoms with van der Waals surface area (Å²) in [4.78, 5) is 39.1. The zero-order chi connectivity index (χ0) is 26.0. The number of nitrogens with two attached hydrogens (primary N) is 1. The number of halogens is 2. The molecule has 0 bridgehead atoms. The number of thiophene rings is 1. The van der Waals surface area contributed by atoms with Gasteiger partial charge >= 0.3 is 6.03 Å². The fraction of sp³-hybridized carbons (Fsp3) is 0.136. The lowest BCUT2D eigenvalue weighted by atomic mass is 9.97. The number of nitrogens with zero attached hydrogens (tertiary/aromatic N) is 1. The molecule has 4 amide bonds. The van der Waals surface area contributed by atoms with Crippen molar-refractivity contribution in [3.05, 3.63) is 69.0 Å². The van der Waals surface area contributed by atoms with Gasteiger partial charge in [0, 0.05) is 30.0 Å². The van der Waals surface area contributed by atoms with Crippen LogP contribution in [0.15, 0.2) is 52.7 Å². The van der Waals surface area contributed by atoms with Gasteiger partial charge in [-0.25, -0.2) is 22.8 Å². The van der Waals surface area contributed by atoms with Crippen LogP contribution in [-0.4, -0.2) is 39.4 Å². The lowest BCUT2D eigenvalue weighted by Crippen LogP contribution is -2.42. The largest absolute Gasteiger partial charge is 0.384 e. The van der Waals surface area contributed by atoms with Gasteiger partial charge in [0.05, 0.1) is 17.1 Å². The van der Waals surface area contributed by atoms with E-state index in [2.05, 4.69) is 10.6 Å². The van der Waals surface area contributed by atoms with E-state index >= 15 is 0 Å². The lowest BCUT2D eigenvalue weighted by molar-refractivity contribution is -0.117. The maximum absolute atomic E-state index is 13.0. The van der Waals surface area contributed by atoms with E-state index in [0.717, 1.165) is 16.7 Å². The molecule has 5 N–H and O–H groups in total. The fourth-order valence-electron chi connectivity index (χ4n) is 3.49. The number of sulfonamides is 1. The Labute approximate surface area is 220 Å². The predicted molar refractivity (Wildman–Crippen MR) is 140 cm³/mol. The van der Waals surface area contributed by atoms with Crippen molar-refractivity contribution in [1.29, 1.82) is 0 Å². The van der Waals surface area contributed by atoms with Crippen LogP contribution in [0.25, 0.3) is 0 Å². The van der Waals surface area contributed by atoms with Crippen molar-refractivity contribution in [2.24, 2.45) is 5.73 Å². The first-order chi connectivity index (χ1) is 17.1. The molecule has 0 radical (unpaired) electrons. The number of carbonyl (C=O) groups is 3. The minimum atomic E-state index is -4.18. The summed E-state index contributed by atoms with van der Waals surface area (Å²) in [5, 5.41) is 5.56. The monoisotopic (exact) mass is 567 g/mol. The molecule has 14 heteroatoms. The minimum Gasteiger partial charge on any atom is -0.384 e. The van der Waals surface area contributed by atoms with Gasteiger partial charge in [-0.1, -0.05) is 23.2 Å². The predicted octanol–water partition coefficient (Wildman–Crippen LogP) is 3.67. The third-order valence-corrected chi connectivity index (χ3v) is 8.77. The van der Waals surface area contributed by atoms with Gasteiger partial charge in [0.2, 0.25) is 5.91 Å². The van der Waals surface area contributed by atoms with Crippen LogP contribution in [-0.2, 0) is 21.2 Å². The number of imide groups is 1. The molecule has 0 atom stereocenters. The Kier molecular flexibility index (Phi) is 7.52. The lowest BCUT2D eigenvalue weighted by Gasteiger charge is -2.27. The number of carbonyl (C=O) groups excluding carboxylic acids is 3. The maximum atomic E-state index is 13.0.